The molecule has 3 N–H and O–H groups in total. The summed E-state index contributed by atoms with van der Waals surface area (Å²) in [6.07, 6.45) is 0.679. The maximum Gasteiger partial charge on any atom is 0.306 e. The number of anilines is 1. The summed E-state index contributed by atoms with van der Waals surface area (Å²) in [5.41, 5.74) is 6.30. The van der Waals surface area contributed by atoms with Crippen molar-refractivity contribution < 1.29 is 14.3 Å². The van der Waals surface area contributed by atoms with Crippen LogP contribution in [0.2, 0.25) is 0 Å². The standard InChI is InChI=1S/C12H16FNO2/c1-3-9(7(2)12(15)16)8-4-5-10(13)11(14)6-8/h4-7,9H,3,14H2,1-2H3,(H,15,16)/t7-,9?/m1/s1. The Morgan fingerprint density at radius 3 is 2.62 bits per heavy atom. The number of carboxylic acids is 1. The number of benzene rings is 1. The molecule has 0 aliphatic heterocycles. The summed E-state index contributed by atoms with van der Waals surface area (Å²) in [6.45, 7) is 3.56. The maximum atomic E-state index is 13.0. The zero-order chi connectivity index (χ0) is 12.3. The molecule has 0 amide bonds. The van der Waals surface area contributed by atoms with E-state index in [0.29, 0.717) is 6.42 Å². The van der Waals surface area contributed by atoms with Gasteiger partial charge in [0, 0.05) is 0 Å². The lowest BCUT2D eigenvalue weighted by molar-refractivity contribution is -0.141. The number of hydrogen-bond donors (Lipinski definition) is 2. The topological polar surface area (TPSA) is 63.3 Å². The summed E-state index contributed by atoms with van der Waals surface area (Å²) in [7, 11) is 0. The Morgan fingerprint density at radius 2 is 2.19 bits per heavy atom. The molecule has 1 rings (SSSR count). The van der Waals surface area contributed by atoms with Crippen molar-refractivity contribution in [3.05, 3.63) is 29.6 Å². The van der Waals surface area contributed by atoms with Crippen LogP contribution in [-0.2, 0) is 4.79 Å². The van der Waals surface area contributed by atoms with E-state index in [4.69, 9.17) is 10.8 Å². The highest BCUT2D eigenvalue weighted by Crippen LogP contribution is 2.29. The number of halogens is 1. The molecule has 0 heterocycles. The summed E-state index contributed by atoms with van der Waals surface area (Å²) in [5.74, 6) is -1.97. The summed E-state index contributed by atoms with van der Waals surface area (Å²) in [6, 6.07) is 4.39. The molecule has 0 aromatic heterocycles. The van der Waals surface area contributed by atoms with Crippen LogP contribution in [0, 0.1) is 11.7 Å². The maximum absolute atomic E-state index is 13.0. The molecule has 4 heteroatoms. The first-order valence-electron chi connectivity index (χ1n) is 5.25. The van der Waals surface area contributed by atoms with Crippen molar-refractivity contribution in [2.45, 2.75) is 26.2 Å². The van der Waals surface area contributed by atoms with E-state index >= 15 is 0 Å². The highest BCUT2D eigenvalue weighted by molar-refractivity contribution is 5.71. The molecule has 88 valence electrons. The Labute approximate surface area is 94.1 Å². The third-order valence-electron chi connectivity index (χ3n) is 2.88. The minimum absolute atomic E-state index is 0.0635. The number of nitrogen functional groups attached to an aromatic ring is 1. The fourth-order valence-electron chi connectivity index (χ4n) is 1.84. The minimum atomic E-state index is -0.852. The summed E-state index contributed by atoms with van der Waals surface area (Å²) in [5, 5.41) is 8.96. The van der Waals surface area contributed by atoms with Crippen molar-refractivity contribution in [3.8, 4) is 0 Å². The van der Waals surface area contributed by atoms with Gasteiger partial charge in [0.05, 0.1) is 11.6 Å². The van der Waals surface area contributed by atoms with Crippen LogP contribution >= 0.6 is 0 Å². The molecule has 0 saturated carbocycles. The van der Waals surface area contributed by atoms with Gasteiger partial charge in [0.25, 0.3) is 0 Å². The smallest absolute Gasteiger partial charge is 0.306 e. The van der Waals surface area contributed by atoms with Crippen molar-refractivity contribution in [1.29, 1.82) is 0 Å². The highest BCUT2D eigenvalue weighted by atomic mass is 19.1. The zero-order valence-corrected chi connectivity index (χ0v) is 9.40. The first-order valence-corrected chi connectivity index (χ1v) is 5.25. The molecule has 0 bridgehead atoms. The van der Waals surface area contributed by atoms with E-state index in [2.05, 4.69) is 0 Å². The number of aliphatic carboxylic acids is 1. The molecule has 0 radical (unpaired) electrons. The second kappa shape index (κ2) is 4.96. The van der Waals surface area contributed by atoms with Crippen molar-refractivity contribution >= 4 is 11.7 Å². The monoisotopic (exact) mass is 225 g/mol. The van der Waals surface area contributed by atoms with Crippen LogP contribution in [0.3, 0.4) is 0 Å². The van der Waals surface area contributed by atoms with Crippen LogP contribution in [-0.4, -0.2) is 11.1 Å². The Bertz CT molecular complexity index is 393. The molecule has 0 spiro atoms. The zero-order valence-electron chi connectivity index (χ0n) is 9.40. The number of carboxylic acid groups (broad SMARTS) is 1. The van der Waals surface area contributed by atoms with Crippen molar-refractivity contribution in [2.24, 2.45) is 5.92 Å². The lowest BCUT2D eigenvalue weighted by atomic mass is 9.85. The Kier molecular flexibility index (Phi) is 3.88. The molecule has 3 nitrogen and oxygen atoms in total. The summed E-state index contributed by atoms with van der Waals surface area (Å²) >= 11 is 0. The van der Waals surface area contributed by atoms with E-state index in [1.165, 1.54) is 12.1 Å². The van der Waals surface area contributed by atoms with Crippen LogP contribution < -0.4 is 5.73 Å². The summed E-state index contributed by atoms with van der Waals surface area (Å²) in [4.78, 5) is 10.9. The van der Waals surface area contributed by atoms with Gasteiger partial charge < -0.3 is 10.8 Å². The molecule has 0 aliphatic rings. The highest BCUT2D eigenvalue weighted by Gasteiger charge is 2.23. The van der Waals surface area contributed by atoms with E-state index in [9.17, 15) is 9.18 Å². The average molecular weight is 225 g/mol. The van der Waals surface area contributed by atoms with Crippen LogP contribution in [0.15, 0.2) is 18.2 Å². The third-order valence-corrected chi connectivity index (χ3v) is 2.88. The lowest BCUT2D eigenvalue weighted by Crippen LogP contribution is -2.18. The molecule has 1 aromatic carbocycles. The second-order valence-electron chi connectivity index (χ2n) is 3.92. The van der Waals surface area contributed by atoms with Crippen LogP contribution in [0.25, 0.3) is 0 Å². The van der Waals surface area contributed by atoms with Crippen LogP contribution in [0.5, 0.6) is 0 Å². The normalized spacial score (nSPS) is 14.4. The number of carbonyl (C=O) groups is 1. The van der Waals surface area contributed by atoms with Gasteiger partial charge in [0.2, 0.25) is 0 Å². The molecule has 1 aromatic rings. The Morgan fingerprint density at radius 1 is 1.56 bits per heavy atom. The van der Waals surface area contributed by atoms with E-state index < -0.39 is 17.7 Å². The Hall–Kier alpha value is -1.58. The molecule has 0 aliphatic carbocycles. The van der Waals surface area contributed by atoms with Gasteiger partial charge in [-0.05, 0) is 30.0 Å². The van der Waals surface area contributed by atoms with Crippen LogP contribution in [0.1, 0.15) is 31.7 Å². The average Bonchev–Trinajstić information content (AvgIpc) is 2.24. The minimum Gasteiger partial charge on any atom is -0.481 e. The quantitative estimate of drug-likeness (QED) is 0.774. The van der Waals surface area contributed by atoms with Gasteiger partial charge in [0.1, 0.15) is 5.82 Å². The van der Waals surface area contributed by atoms with Gasteiger partial charge in [-0.1, -0.05) is 19.9 Å². The molecule has 0 saturated heterocycles. The van der Waals surface area contributed by atoms with Crippen molar-refractivity contribution in [1.82, 2.24) is 0 Å². The van der Waals surface area contributed by atoms with Crippen molar-refractivity contribution in [2.75, 3.05) is 5.73 Å². The first kappa shape index (κ1) is 12.5. The first-order chi connectivity index (χ1) is 7.47. The van der Waals surface area contributed by atoms with Gasteiger partial charge in [0.15, 0.2) is 0 Å². The largest absolute Gasteiger partial charge is 0.481 e. The number of rotatable bonds is 4. The predicted molar refractivity (Wildman–Crippen MR) is 60.6 cm³/mol. The fraction of sp³-hybridized carbons (Fsp3) is 0.417. The SMILES string of the molecule is CCC(c1ccc(F)c(N)c1)[C@@H](C)C(=O)O. The van der Waals surface area contributed by atoms with Gasteiger partial charge in [-0.25, -0.2) is 4.39 Å². The number of nitrogens with two attached hydrogens (primary N) is 1. The van der Waals surface area contributed by atoms with Gasteiger partial charge >= 0.3 is 5.97 Å². The molecule has 0 fully saturated rings. The predicted octanol–water partition coefficient (Wildman–Crippen LogP) is 2.62. The van der Waals surface area contributed by atoms with E-state index in [1.54, 1.807) is 13.0 Å². The van der Waals surface area contributed by atoms with Crippen molar-refractivity contribution in [3.63, 3.8) is 0 Å². The van der Waals surface area contributed by atoms with E-state index in [0.717, 1.165) is 5.56 Å². The van der Waals surface area contributed by atoms with E-state index in [-0.39, 0.29) is 11.6 Å². The molecule has 2 atom stereocenters. The van der Waals surface area contributed by atoms with Gasteiger partial charge in [-0.15, -0.1) is 0 Å². The molecule has 1 unspecified atom stereocenters. The van der Waals surface area contributed by atoms with Gasteiger partial charge in [-0.2, -0.15) is 0 Å². The lowest BCUT2D eigenvalue weighted by Gasteiger charge is -2.20. The van der Waals surface area contributed by atoms with Crippen LogP contribution in [0.4, 0.5) is 10.1 Å². The molecular weight excluding hydrogens is 209 g/mol. The molecular formula is C12H16FNO2. The Balaban J connectivity index is 3.04. The second-order valence-corrected chi connectivity index (χ2v) is 3.92. The number of hydrogen-bond acceptors (Lipinski definition) is 2. The summed E-state index contributed by atoms with van der Waals surface area (Å²) < 4.78 is 13.0. The third kappa shape index (κ3) is 2.51. The fourth-order valence-corrected chi connectivity index (χ4v) is 1.84. The molecule has 16 heavy (non-hydrogen) atoms. The van der Waals surface area contributed by atoms with Gasteiger partial charge in [-0.3, -0.25) is 4.79 Å². The van der Waals surface area contributed by atoms with E-state index in [1.807, 2.05) is 6.92 Å².